The molecule has 1 fully saturated rings. The van der Waals surface area contributed by atoms with Crippen molar-refractivity contribution in [2.75, 3.05) is 13.2 Å². The first-order chi connectivity index (χ1) is 9.06. The fraction of sp³-hybridized carbons (Fsp3) is 0.500. The van der Waals surface area contributed by atoms with Gasteiger partial charge in [-0.25, -0.2) is 0 Å². The van der Waals surface area contributed by atoms with Crippen LogP contribution >= 0.6 is 45.2 Å². The fourth-order valence-electron chi connectivity index (χ4n) is 1.91. The van der Waals surface area contributed by atoms with Crippen LogP contribution in [0.3, 0.4) is 0 Å². The zero-order valence-electron chi connectivity index (χ0n) is 10.2. The molecule has 1 aliphatic rings. The Hall–Kier alpha value is -0.160. The Morgan fingerprint density at radius 1 is 1.42 bits per heavy atom. The van der Waals surface area contributed by atoms with Gasteiger partial charge in [0, 0.05) is 25.5 Å². The molecule has 104 valence electrons. The van der Waals surface area contributed by atoms with Crippen molar-refractivity contribution in [2.45, 2.75) is 25.5 Å². The number of hydrogen-bond donors (Lipinski definition) is 1. The molecule has 0 radical (unpaired) electrons. The fourth-order valence-corrected chi connectivity index (χ4v) is 3.72. The lowest BCUT2D eigenvalue weighted by Crippen LogP contribution is -2.34. The van der Waals surface area contributed by atoms with E-state index in [-0.39, 0.29) is 24.0 Å². The van der Waals surface area contributed by atoms with Gasteiger partial charge >= 0.3 is 0 Å². The van der Waals surface area contributed by atoms with Gasteiger partial charge in [-0.3, -0.25) is 9.59 Å². The van der Waals surface area contributed by atoms with Crippen molar-refractivity contribution >= 4 is 51.1 Å². The highest BCUT2D eigenvalue weighted by Gasteiger charge is 2.16. The molecular formula is C12H14I2N2O3. The lowest BCUT2D eigenvalue weighted by molar-refractivity contribution is -0.122. The van der Waals surface area contributed by atoms with Crippen molar-refractivity contribution in [3.63, 3.8) is 0 Å². The predicted molar refractivity (Wildman–Crippen MR) is 88.1 cm³/mol. The van der Waals surface area contributed by atoms with Crippen LogP contribution in [0, 0.1) is 7.14 Å². The molecule has 19 heavy (non-hydrogen) atoms. The van der Waals surface area contributed by atoms with Crippen LogP contribution in [0.1, 0.15) is 12.8 Å². The number of halogens is 2. The van der Waals surface area contributed by atoms with E-state index in [1.165, 1.54) is 0 Å². The Labute approximate surface area is 138 Å². The van der Waals surface area contributed by atoms with Gasteiger partial charge in [-0.15, -0.1) is 0 Å². The van der Waals surface area contributed by atoms with E-state index < -0.39 is 0 Å². The summed E-state index contributed by atoms with van der Waals surface area (Å²) in [5.74, 6) is -0.0641. The monoisotopic (exact) mass is 488 g/mol. The summed E-state index contributed by atoms with van der Waals surface area (Å²) in [5, 5.41) is 2.86. The molecule has 0 aliphatic carbocycles. The summed E-state index contributed by atoms with van der Waals surface area (Å²) in [7, 11) is 0. The minimum atomic E-state index is -0.0641. The zero-order chi connectivity index (χ0) is 13.8. The molecular weight excluding hydrogens is 474 g/mol. The number of ether oxygens (including phenoxy) is 1. The molecule has 1 N–H and O–H groups in total. The van der Waals surface area contributed by atoms with Crippen LogP contribution in [-0.2, 0) is 16.1 Å². The zero-order valence-corrected chi connectivity index (χ0v) is 14.5. The Morgan fingerprint density at radius 2 is 2.11 bits per heavy atom. The Balaban J connectivity index is 1.89. The summed E-state index contributed by atoms with van der Waals surface area (Å²) >= 11 is 3.97. The van der Waals surface area contributed by atoms with Gasteiger partial charge in [0.2, 0.25) is 11.3 Å². The van der Waals surface area contributed by atoms with E-state index in [0.29, 0.717) is 13.7 Å². The van der Waals surface area contributed by atoms with Gasteiger partial charge in [-0.2, -0.15) is 0 Å². The minimum Gasteiger partial charge on any atom is -0.376 e. The van der Waals surface area contributed by atoms with E-state index in [2.05, 4.69) is 5.32 Å². The molecule has 2 heterocycles. The third-order valence-electron chi connectivity index (χ3n) is 2.87. The number of hydrogen-bond acceptors (Lipinski definition) is 3. The molecule has 1 aliphatic heterocycles. The first kappa shape index (κ1) is 15.2. The highest BCUT2D eigenvalue weighted by atomic mass is 127. The van der Waals surface area contributed by atoms with Crippen LogP contribution in [0.4, 0.5) is 0 Å². The highest BCUT2D eigenvalue weighted by Crippen LogP contribution is 2.10. The topological polar surface area (TPSA) is 60.3 Å². The number of carbonyl (C=O) groups is 1. The molecule has 7 heteroatoms. The molecule has 2 rings (SSSR count). The lowest BCUT2D eigenvalue weighted by Gasteiger charge is -2.12. The third-order valence-corrected chi connectivity index (χ3v) is 4.41. The van der Waals surface area contributed by atoms with Crippen LogP contribution in [0.15, 0.2) is 17.2 Å². The van der Waals surface area contributed by atoms with Gasteiger partial charge in [-0.1, -0.05) is 0 Å². The second kappa shape index (κ2) is 7.02. The van der Waals surface area contributed by atoms with E-state index in [9.17, 15) is 9.59 Å². The van der Waals surface area contributed by atoms with Gasteiger partial charge in [-0.05, 0) is 58.0 Å². The second-order valence-electron chi connectivity index (χ2n) is 4.39. The van der Waals surface area contributed by atoms with Gasteiger partial charge < -0.3 is 14.6 Å². The van der Waals surface area contributed by atoms with Gasteiger partial charge in [0.05, 0.1) is 13.2 Å². The van der Waals surface area contributed by atoms with Crippen LogP contribution in [0.25, 0.3) is 0 Å². The molecule has 1 saturated heterocycles. The second-order valence-corrected chi connectivity index (χ2v) is 6.72. The summed E-state index contributed by atoms with van der Waals surface area (Å²) < 4.78 is 8.42. The molecule has 1 aromatic rings. The summed E-state index contributed by atoms with van der Waals surface area (Å²) in [5.41, 5.74) is 0.0113. The molecule has 0 bridgehead atoms. The average molecular weight is 488 g/mol. The van der Waals surface area contributed by atoms with Crippen LogP contribution < -0.4 is 10.7 Å². The molecule has 0 spiro atoms. The maximum Gasteiger partial charge on any atom is 0.240 e. The van der Waals surface area contributed by atoms with E-state index in [4.69, 9.17) is 4.74 Å². The van der Waals surface area contributed by atoms with Crippen LogP contribution in [0.2, 0.25) is 0 Å². The minimum absolute atomic E-state index is 0.0113. The Kier molecular flexibility index (Phi) is 5.63. The maximum atomic E-state index is 11.8. The third kappa shape index (κ3) is 4.42. The number of pyridine rings is 1. The molecule has 1 atom stereocenters. The van der Waals surface area contributed by atoms with Crippen molar-refractivity contribution < 1.29 is 9.53 Å². The van der Waals surface area contributed by atoms with Crippen molar-refractivity contribution in [3.8, 4) is 0 Å². The van der Waals surface area contributed by atoms with Gasteiger partial charge in [0.25, 0.3) is 0 Å². The molecule has 0 aromatic carbocycles. The van der Waals surface area contributed by atoms with Crippen molar-refractivity contribution in [1.82, 2.24) is 9.88 Å². The maximum absolute atomic E-state index is 11.8. The smallest absolute Gasteiger partial charge is 0.240 e. The normalized spacial score (nSPS) is 18.5. The summed E-state index contributed by atoms with van der Waals surface area (Å²) in [6.45, 7) is 1.57. The summed E-state index contributed by atoms with van der Waals surface area (Å²) in [6.07, 6.45) is 5.61. The number of nitrogens with zero attached hydrogens (tertiary/aromatic N) is 1. The van der Waals surface area contributed by atoms with E-state index in [0.717, 1.165) is 19.4 Å². The summed E-state index contributed by atoms with van der Waals surface area (Å²) in [4.78, 5) is 23.4. The van der Waals surface area contributed by atoms with Gasteiger partial charge in [0.1, 0.15) is 6.54 Å². The molecule has 1 aromatic heterocycles. The number of rotatable bonds is 4. The number of aromatic nitrogens is 1. The number of nitrogens with one attached hydrogen (secondary N) is 1. The van der Waals surface area contributed by atoms with Crippen LogP contribution in [-0.4, -0.2) is 29.7 Å². The molecule has 0 unspecified atom stereocenters. The average Bonchev–Trinajstić information content (AvgIpc) is 2.86. The molecule has 5 nitrogen and oxygen atoms in total. The van der Waals surface area contributed by atoms with Crippen molar-refractivity contribution in [1.29, 1.82) is 0 Å². The summed E-state index contributed by atoms with van der Waals surface area (Å²) in [6, 6.07) is 0. The van der Waals surface area contributed by atoms with Crippen molar-refractivity contribution in [2.24, 2.45) is 0 Å². The standard InChI is InChI=1S/C12H14I2N2O3/c13-9-5-16(6-10(14)12(9)18)7-11(17)15-4-8-2-1-3-19-8/h5-6,8H,1-4,7H2,(H,15,17)/t8-/m0/s1. The lowest BCUT2D eigenvalue weighted by atomic mass is 10.2. The SMILES string of the molecule is O=C(Cn1cc(I)c(=O)c(I)c1)NC[C@@H]1CCCO1. The number of amides is 1. The van der Waals surface area contributed by atoms with E-state index >= 15 is 0 Å². The quantitative estimate of drug-likeness (QED) is 0.652. The van der Waals surface area contributed by atoms with Gasteiger partial charge in [0.15, 0.2) is 0 Å². The first-order valence-corrected chi connectivity index (χ1v) is 8.15. The highest BCUT2D eigenvalue weighted by molar-refractivity contribution is 14.1. The van der Waals surface area contributed by atoms with E-state index in [1.54, 1.807) is 17.0 Å². The molecule has 1 amide bonds. The largest absolute Gasteiger partial charge is 0.376 e. The number of carbonyl (C=O) groups excluding carboxylic acids is 1. The Morgan fingerprint density at radius 3 is 2.68 bits per heavy atom. The van der Waals surface area contributed by atoms with Crippen molar-refractivity contribution in [3.05, 3.63) is 29.8 Å². The Bertz CT molecular complexity index is 498. The predicted octanol–water partition coefficient (Wildman–Crippen LogP) is 1.35. The molecule has 0 saturated carbocycles. The first-order valence-electron chi connectivity index (χ1n) is 5.99. The van der Waals surface area contributed by atoms with Crippen LogP contribution in [0.5, 0.6) is 0 Å². The van der Waals surface area contributed by atoms with E-state index in [1.807, 2.05) is 45.2 Å².